The summed E-state index contributed by atoms with van der Waals surface area (Å²) in [6.07, 6.45) is 29.2. The van der Waals surface area contributed by atoms with Crippen molar-refractivity contribution < 1.29 is 0 Å². The molecular formula is C35H66. The van der Waals surface area contributed by atoms with Crippen LogP contribution in [0.3, 0.4) is 0 Å². The van der Waals surface area contributed by atoms with E-state index in [0.29, 0.717) is 0 Å². The minimum atomic E-state index is 0.864. The predicted molar refractivity (Wildman–Crippen MR) is 163 cm³/mol. The smallest absolute Gasteiger partial charge is 0.0323 e. The SMILES string of the molecule is CC(C)=CCCC(C)CCC/C(C)=C/CCCC(C)CCCC(C)CCCC(C)CCC=C(C)C. The first kappa shape index (κ1) is 34.2. The minimum absolute atomic E-state index is 0.864. The van der Waals surface area contributed by atoms with E-state index in [9.17, 15) is 0 Å². The van der Waals surface area contributed by atoms with Gasteiger partial charge in [0.2, 0.25) is 0 Å². The highest BCUT2D eigenvalue weighted by atomic mass is 14.1. The topological polar surface area (TPSA) is 0 Å². The molecule has 0 aliphatic heterocycles. The molecule has 0 nitrogen and oxygen atoms in total. The van der Waals surface area contributed by atoms with Gasteiger partial charge in [-0.3, -0.25) is 0 Å². The summed E-state index contributed by atoms with van der Waals surface area (Å²) in [4.78, 5) is 0. The van der Waals surface area contributed by atoms with Crippen LogP contribution in [0.15, 0.2) is 34.9 Å². The summed E-state index contributed by atoms with van der Waals surface area (Å²) in [5.41, 5.74) is 4.55. The molecule has 206 valence electrons. The lowest BCUT2D eigenvalue weighted by Crippen LogP contribution is -2.01. The van der Waals surface area contributed by atoms with Crippen LogP contribution in [0.1, 0.15) is 165 Å². The Morgan fingerprint density at radius 1 is 0.429 bits per heavy atom. The summed E-state index contributed by atoms with van der Waals surface area (Å²) in [5.74, 6) is 3.56. The van der Waals surface area contributed by atoms with Crippen molar-refractivity contribution in [3.63, 3.8) is 0 Å². The Labute approximate surface area is 223 Å². The summed E-state index contributed by atoms with van der Waals surface area (Å²) in [6, 6.07) is 0. The van der Waals surface area contributed by atoms with Crippen LogP contribution in [0.4, 0.5) is 0 Å². The molecule has 0 aliphatic carbocycles. The number of hydrogen-bond donors (Lipinski definition) is 0. The molecule has 35 heavy (non-hydrogen) atoms. The maximum atomic E-state index is 2.53. The van der Waals surface area contributed by atoms with E-state index in [0.717, 1.165) is 23.7 Å². The van der Waals surface area contributed by atoms with Crippen LogP contribution >= 0.6 is 0 Å². The van der Waals surface area contributed by atoms with Gasteiger partial charge in [0.25, 0.3) is 0 Å². The standard InChI is InChI=1S/C35H66/c1-29(2)17-12-21-33(7)25-14-23-31(5)19-10-11-20-32(6)24-15-27-35(9)28-16-26-34(8)22-13-18-30(3)4/h17-19,32-35H,10-16,20-28H2,1-9H3/b31-19+. The molecule has 0 rings (SSSR count). The van der Waals surface area contributed by atoms with E-state index in [1.807, 2.05) is 0 Å². The lowest BCUT2D eigenvalue weighted by molar-refractivity contribution is 0.381. The first-order valence-corrected chi connectivity index (χ1v) is 15.5. The van der Waals surface area contributed by atoms with Gasteiger partial charge in [-0.05, 0) is 110 Å². The Kier molecular flexibility index (Phi) is 21.9. The van der Waals surface area contributed by atoms with Crippen LogP contribution < -0.4 is 0 Å². The van der Waals surface area contributed by atoms with Gasteiger partial charge in [-0.2, -0.15) is 0 Å². The van der Waals surface area contributed by atoms with E-state index in [1.165, 1.54) is 114 Å². The highest BCUT2D eigenvalue weighted by Crippen LogP contribution is 2.23. The molecule has 0 aromatic carbocycles. The molecule has 0 aromatic heterocycles. The van der Waals surface area contributed by atoms with E-state index in [1.54, 1.807) is 5.57 Å². The Morgan fingerprint density at radius 3 is 1.23 bits per heavy atom. The van der Waals surface area contributed by atoms with Crippen LogP contribution in [-0.2, 0) is 0 Å². The molecule has 0 saturated heterocycles. The average Bonchev–Trinajstić information content (AvgIpc) is 2.76. The number of rotatable bonds is 22. The summed E-state index contributed by atoms with van der Waals surface area (Å²) < 4.78 is 0. The Morgan fingerprint density at radius 2 is 0.800 bits per heavy atom. The molecule has 0 bridgehead atoms. The van der Waals surface area contributed by atoms with Crippen molar-refractivity contribution in [3.05, 3.63) is 34.9 Å². The van der Waals surface area contributed by atoms with E-state index < -0.39 is 0 Å². The summed E-state index contributed by atoms with van der Waals surface area (Å²) in [6.45, 7) is 21.0. The average molecular weight is 487 g/mol. The van der Waals surface area contributed by atoms with Crippen LogP contribution in [0.5, 0.6) is 0 Å². The zero-order valence-corrected chi connectivity index (χ0v) is 25.9. The molecule has 0 heterocycles. The Balaban J connectivity index is 3.73. The van der Waals surface area contributed by atoms with Gasteiger partial charge in [0, 0.05) is 0 Å². The van der Waals surface area contributed by atoms with Gasteiger partial charge in [-0.25, -0.2) is 0 Å². The first-order chi connectivity index (χ1) is 16.6. The third-order valence-electron chi connectivity index (χ3n) is 7.87. The molecule has 0 radical (unpaired) electrons. The van der Waals surface area contributed by atoms with E-state index in [4.69, 9.17) is 0 Å². The molecule has 4 atom stereocenters. The second-order valence-electron chi connectivity index (χ2n) is 12.9. The zero-order chi connectivity index (χ0) is 26.5. The molecule has 0 aromatic rings. The quantitative estimate of drug-likeness (QED) is 0.105. The van der Waals surface area contributed by atoms with E-state index in [2.05, 4.69) is 80.5 Å². The second kappa shape index (κ2) is 22.4. The zero-order valence-electron chi connectivity index (χ0n) is 25.9. The predicted octanol–water partition coefficient (Wildman–Crippen LogP) is 12.7. The first-order valence-electron chi connectivity index (χ1n) is 15.5. The molecule has 0 spiro atoms. The minimum Gasteiger partial charge on any atom is -0.0859 e. The lowest BCUT2D eigenvalue weighted by Gasteiger charge is -2.16. The van der Waals surface area contributed by atoms with Crippen LogP contribution in [0.25, 0.3) is 0 Å². The van der Waals surface area contributed by atoms with E-state index >= 15 is 0 Å². The van der Waals surface area contributed by atoms with Gasteiger partial charge in [0.1, 0.15) is 0 Å². The Hall–Kier alpha value is -0.780. The molecule has 0 fully saturated rings. The van der Waals surface area contributed by atoms with Crippen molar-refractivity contribution in [2.75, 3.05) is 0 Å². The van der Waals surface area contributed by atoms with Crippen LogP contribution in [-0.4, -0.2) is 0 Å². The van der Waals surface area contributed by atoms with Crippen molar-refractivity contribution in [2.45, 2.75) is 165 Å². The monoisotopic (exact) mass is 487 g/mol. The highest BCUT2D eigenvalue weighted by molar-refractivity contribution is 4.98. The molecule has 4 unspecified atom stereocenters. The summed E-state index contributed by atoms with van der Waals surface area (Å²) >= 11 is 0. The molecule has 0 N–H and O–H groups in total. The highest BCUT2D eigenvalue weighted by Gasteiger charge is 2.08. The molecule has 0 amide bonds. The molecule has 0 heteroatoms. The van der Waals surface area contributed by atoms with Crippen LogP contribution in [0.2, 0.25) is 0 Å². The second-order valence-corrected chi connectivity index (χ2v) is 12.9. The van der Waals surface area contributed by atoms with Gasteiger partial charge < -0.3 is 0 Å². The van der Waals surface area contributed by atoms with Gasteiger partial charge in [-0.15, -0.1) is 0 Å². The lowest BCUT2D eigenvalue weighted by atomic mass is 9.91. The summed E-state index contributed by atoms with van der Waals surface area (Å²) in [7, 11) is 0. The fraction of sp³-hybridized carbons (Fsp3) is 0.829. The molecule has 0 saturated carbocycles. The van der Waals surface area contributed by atoms with Gasteiger partial charge in [0.05, 0.1) is 0 Å². The van der Waals surface area contributed by atoms with Gasteiger partial charge >= 0.3 is 0 Å². The van der Waals surface area contributed by atoms with E-state index in [-0.39, 0.29) is 0 Å². The normalized spacial score (nSPS) is 15.4. The van der Waals surface area contributed by atoms with Gasteiger partial charge in [-0.1, -0.05) is 114 Å². The maximum Gasteiger partial charge on any atom is -0.0323 e. The molecular weight excluding hydrogens is 420 g/mol. The summed E-state index contributed by atoms with van der Waals surface area (Å²) in [5, 5.41) is 0. The van der Waals surface area contributed by atoms with Crippen LogP contribution in [0, 0.1) is 23.7 Å². The van der Waals surface area contributed by atoms with Gasteiger partial charge in [0.15, 0.2) is 0 Å². The third kappa shape index (κ3) is 24.7. The number of allylic oxidation sites excluding steroid dienone is 6. The molecule has 0 aliphatic rings. The van der Waals surface area contributed by atoms with Crippen molar-refractivity contribution in [1.29, 1.82) is 0 Å². The number of unbranched alkanes of at least 4 members (excludes halogenated alkanes) is 1. The fourth-order valence-electron chi connectivity index (χ4n) is 5.17. The van der Waals surface area contributed by atoms with Crippen molar-refractivity contribution in [2.24, 2.45) is 23.7 Å². The Bertz CT molecular complexity index is 567. The van der Waals surface area contributed by atoms with Crippen molar-refractivity contribution in [1.82, 2.24) is 0 Å². The fourth-order valence-corrected chi connectivity index (χ4v) is 5.17. The third-order valence-corrected chi connectivity index (χ3v) is 7.87. The van der Waals surface area contributed by atoms with Crippen molar-refractivity contribution in [3.8, 4) is 0 Å². The number of hydrogen-bond acceptors (Lipinski definition) is 0. The maximum absolute atomic E-state index is 2.53. The largest absolute Gasteiger partial charge is 0.0859 e. The van der Waals surface area contributed by atoms with Crippen molar-refractivity contribution >= 4 is 0 Å².